The lowest BCUT2D eigenvalue weighted by Crippen LogP contribution is -2.46. The van der Waals surface area contributed by atoms with Crippen LogP contribution in [-0.4, -0.2) is 52.4 Å². The van der Waals surface area contributed by atoms with Gasteiger partial charge in [0.1, 0.15) is 17.5 Å². The lowest BCUT2D eigenvalue weighted by Gasteiger charge is -2.33. The normalized spacial score (nSPS) is 14.5. The Morgan fingerprint density at radius 2 is 1.88 bits per heavy atom. The van der Waals surface area contributed by atoms with Gasteiger partial charge in [0.2, 0.25) is 6.41 Å². The number of rotatable bonds is 4. The smallest absolute Gasteiger partial charge is 0.209 e. The van der Waals surface area contributed by atoms with E-state index in [-0.39, 0.29) is 0 Å². The van der Waals surface area contributed by atoms with E-state index in [1.165, 1.54) is 0 Å². The topological polar surface area (TPSA) is 74.2 Å². The molecule has 7 nitrogen and oxygen atoms in total. The molecular weight excluding hydrogens is 328 g/mol. The number of aryl methyl sites for hydroxylation is 1. The molecule has 0 spiro atoms. The van der Waals surface area contributed by atoms with Crippen molar-refractivity contribution in [2.75, 3.05) is 36.4 Å². The summed E-state index contributed by atoms with van der Waals surface area (Å²) in [4.78, 5) is 28.4. The minimum Gasteiger partial charge on any atom is -0.353 e. The molecule has 0 bridgehead atoms. The van der Waals surface area contributed by atoms with E-state index in [1.54, 1.807) is 11.1 Å². The molecule has 1 aromatic carbocycles. The van der Waals surface area contributed by atoms with Gasteiger partial charge in [-0.2, -0.15) is 0 Å². The molecule has 3 heterocycles. The van der Waals surface area contributed by atoms with Crippen molar-refractivity contribution in [1.82, 2.24) is 19.9 Å². The highest BCUT2D eigenvalue weighted by atomic mass is 16.1. The van der Waals surface area contributed by atoms with E-state index >= 15 is 0 Å². The molecule has 1 aliphatic heterocycles. The summed E-state index contributed by atoms with van der Waals surface area (Å²) in [6, 6.07) is 12.0. The Balaban J connectivity index is 1.61. The second-order valence-electron chi connectivity index (χ2n) is 6.29. The summed E-state index contributed by atoms with van der Waals surface area (Å²) in [7, 11) is 0. The van der Waals surface area contributed by atoms with Gasteiger partial charge < -0.3 is 15.1 Å². The van der Waals surface area contributed by atoms with E-state index in [9.17, 15) is 4.79 Å². The SMILES string of the molecule is Cc1nc(Nc2cccc3cccnc23)cc(N2CCN(C=O)CC2)n1. The molecule has 0 atom stereocenters. The molecule has 0 saturated carbocycles. The Hall–Kier alpha value is -3.22. The van der Waals surface area contributed by atoms with Gasteiger partial charge in [-0.05, 0) is 19.1 Å². The Bertz CT molecular complexity index is 931. The van der Waals surface area contributed by atoms with Crippen LogP contribution in [-0.2, 0) is 4.79 Å². The fourth-order valence-corrected chi connectivity index (χ4v) is 3.18. The van der Waals surface area contributed by atoms with Gasteiger partial charge in [0, 0.05) is 43.8 Å². The zero-order valence-corrected chi connectivity index (χ0v) is 14.6. The number of para-hydroxylation sites is 1. The van der Waals surface area contributed by atoms with E-state index in [0.29, 0.717) is 18.9 Å². The first kappa shape index (κ1) is 16.3. The number of hydrogen-bond acceptors (Lipinski definition) is 6. The van der Waals surface area contributed by atoms with Crippen LogP contribution in [0, 0.1) is 6.92 Å². The standard InChI is InChI=1S/C19H20N6O/c1-14-21-17(12-18(22-14)25-10-8-24(13-26)9-11-25)23-16-6-2-4-15-5-3-7-20-19(15)16/h2-7,12-13H,8-11H2,1H3,(H,21,22,23). The van der Waals surface area contributed by atoms with Crippen molar-refractivity contribution in [2.24, 2.45) is 0 Å². The largest absolute Gasteiger partial charge is 0.353 e. The molecule has 1 fully saturated rings. The highest BCUT2D eigenvalue weighted by Crippen LogP contribution is 2.25. The lowest BCUT2D eigenvalue weighted by molar-refractivity contribution is -0.118. The highest BCUT2D eigenvalue weighted by molar-refractivity contribution is 5.91. The first-order valence-electron chi connectivity index (χ1n) is 8.64. The highest BCUT2D eigenvalue weighted by Gasteiger charge is 2.18. The number of nitrogens with zero attached hydrogens (tertiary/aromatic N) is 5. The fraction of sp³-hybridized carbons (Fsp3) is 0.263. The molecule has 1 N–H and O–H groups in total. The lowest BCUT2D eigenvalue weighted by atomic mass is 10.2. The van der Waals surface area contributed by atoms with E-state index < -0.39 is 0 Å². The van der Waals surface area contributed by atoms with Crippen LogP contribution in [0.4, 0.5) is 17.3 Å². The Labute approximate surface area is 151 Å². The molecule has 1 saturated heterocycles. The van der Waals surface area contributed by atoms with Crippen molar-refractivity contribution < 1.29 is 4.79 Å². The summed E-state index contributed by atoms with van der Waals surface area (Å²) in [5.74, 6) is 2.32. The molecule has 1 aliphatic rings. The number of aromatic nitrogens is 3. The van der Waals surface area contributed by atoms with E-state index in [4.69, 9.17) is 0 Å². The third-order valence-electron chi connectivity index (χ3n) is 4.51. The molecule has 0 unspecified atom stereocenters. The fourth-order valence-electron chi connectivity index (χ4n) is 3.18. The summed E-state index contributed by atoms with van der Waals surface area (Å²) in [6.07, 6.45) is 2.69. The molecule has 2 aromatic heterocycles. The van der Waals surface area contributed by atoms with Crippen LogP contribution in [0.15, 0.2) is 42.6 Å². The summed E-state index contributed by atoms with van der Waals surface area (Å²) in [5, 5.41) is 4.46. The number of hydrogen-bond donors (Lipinski definition) is 1. The third-order valence-corrected chi connectivity index (χ3v) is 4.51. The van der Waals surface area contributed by atoms with Crippen molar-refractivity contribution >= 4 is 34.6 Å². The molecular formula is C19H20N6O. The van der Waals surface area contributed by atoms with Gasteiger partial charge in [0.15, 0.2) is 0 Å². The number of pyridine rings is 1. The number of fused-ring (bicyclic) bond motifs is 1. The minimum atomic E-state index is 0.705. The van der Waals surface area contributed by atoms with Crippen LogP contribution in [0.25, 0.3) is 10.9 Å². The molecule has 3 aromatic rings. The van der Waals surface area contributed by atoms with Crippen molar-refractivity contribution in [3.63, 3.8) is 0 Å². The Morgan fingerprint density at radius 1 is 1.08 bits per heavy atom. The van der Waals surface area contributed by atoms with Crippen molar-refractivity contribution in [1.29, 1.82) is 0 Å². The third kappa shape index (κ3) is 3.28. The maximum Gasteiger partial charge on any atom is 0.209 e. The van der Waals surface area contributed by atoms with Crippen LogP contribution < -0.4 is 10.2 Å². The zero-order chi connectivity index (χ0) is 17.9. The number of nitrogens with one attached hydrogen (secondary N) is 1. The number of carbonyl (C=O) groups is 1. The average Bonchev–Trinajstić information content (AvgIpc) is 2.68. The maximum atomic E-state index is 10.9. The quantitative estimate of drug-likeness (QED) is 0.730. The van der Waals surface area contributed by atoms with E-state index in [0.717, 1.165) is 47.7 Å². The predicted octanol–water partition coefficient (Wildman–Crippen LogP) is 2.36. The van der Waals surface area contributed by atoms with Crippen molar-refractivity contribution in [3.05, 3.63) is 48.4 Å². The number of amides is 1. The molecule has 1 amide bonds. The Kier molecular flexibility index (Phi) is 4.35. The van der Waals surface area contributed by atoms with Gasteiger partial charge in [-0.25, -0.2) is 9.97 Å². The summed E-state index contributed by atoms with van der Waals surface area (Å²) in [6.45, 7) is 4.84. The summed E-state index contributed by atoms with van der Waals surface area (Å²) < 4.78 is 0. The first-order chi connectivity index (χ1) is 12.7. The van der Waals surface area contributed by atoms with Crippen LogP contribution in [0.1, 0.15) is 5.82 Å². The van der Waals surface area contributed by atoms with Crippen LogP contribution in [0.5, 0.6) is 0 Å². The second-order valence-corrected chi connectivity index (χ2v) is 6.29. The van der Waals surface area contributed by atoms with Crippen LogP contribution in [0.3, 0.4) is 0 Å². The van der Waals surface area contributed by atoms with Gasteiger partial charge in [-0.1, -0.05) is 18.2 Å². The first-order valence-corrected chi connectivity index (χ1v) is 8.64. The van der Waals surface area contributed by atoms with E-state index in [1.807, 2.05) is 43.3 Å². The summed E-state index contributed by atoms with van der Waals surface area (Å²) >= 11 is 0. The van der Waals surface area contributed by atoms with Crippen LogP contribution in [0.2, 0.25) is 0 Å². The molecule has 0 radical (unpaired) electrons. The molecule has 26 heavy (non-hydrogen) atoms. The van der Waals surface area contributed by atoms with Gasteiger partial charge >= 0.3 is 0 Å². The molecule has 0 aliphatic carbocycles. The van der Waals surface area contributed by atoms with Crippen molar-refractivity contribution in [3.8, 4) is 0 Å². The summed E-state index contributed by atoms with van der Waals surface area (Å²) in [5.41, 5.74) is 1.82. The van der Waals surface area contributed by atoms with Gasteiger partial charge in [0.05, 0.1) is 11.2 Å². The number of anilines is 3. The predicted molar refractivity (Wildman–Crippen MR) is 102 cm³/mol. The van der Waals surface area contributed by atoms with Gasteiger partial charge in [0.25, 0.3) is 0 Å². The minimum absolute atomic E-state index is 0.705. The number of piperazine rings is 1. The molecule has 7 heteroatoms. The zero-order valence-electron chi connectivity index (χ0n) is 14.6. The molecule has 4 rings (SSSR count). The van der Waals surface area contributed by atoms with Gasteiger partial charge in [-0.15, -0.1) is 0 Å². The maximum absolute atomic E-state index is 10.9. The van der Waals surface area contributed by atoms with Crippen molar-refractivity contribution in [2.45, 2.75) is 6.92 Å². The average molecular weight is 348 g/mol. The second kappa shape index (κ2) is 6.95. The van der Waals surface area contributed by atoms with Gasteiger partial charge in [-0.3, -0.25) is 9.78 Å². The van der Waals surface area contributed by atoms with Crippen LogP contribution >= 0.6 is 0 Å². The Morgan fingerprint density at radius 3 is 2.69 bits per heavy atom. The molecule has 132 valence electrons. The number of benzene rings is 1. The van der Waals surface area contributed by atoms with E-state index in [2.05, 4.69) is 25.2 Å². The monoisotopic (exact) mass is 348 g/mol. The number of carbonyl (C=O) groups excluding carboxylic acids is 1.